The topological polar surface area (TPSA) is 103 Å². The second kappa shape index (κ2) is 9.70. The van der Waals surface area contributed by atoms with E-state index in [-0.39, 0.29) is 23.6 Å². The molecule has 1 aromatic heterocycles. The molecule has 1 aliphatic rings. The third-order valence-electron chi connectivity index (χ3n) is 5.46. The highest BCUT2D eigenvalue weighted by Gasteiger charge is 2.43. The summed E-state index contributed by atoms with van der Waals surface area (Å²) in [6, 6.07) is 10.8. The normalized spacial score (nSPS) is 17.1. The lowest BCUT2D eigenvalue weighted by atomic mass is 10.0. The summed E-state index contributed by atoms with van der Waals surface area (Å²) in [7, 11) is 1.68. The molecule has 3 N–H and O–H groups in total. The number of carbonyl (C=O) groups excluding carboxylic acids is 3. The van der Waals surface area contributed by atoms with Crippen LogP contribution in [-0.4, -0.2) is 47.9 Å². The molecule has 0 saturated heterocycles. The van der Waals surface area contributed by atoms with E-state index < -0.39 is 18.1 Å². The second-order valence-corrected chi connectivity index (χ2v) is 8.01. The number of pyridine rings is 1. The van der Waals surface area contributed by atoms with Gasteiger partial charge in [0.2, 0.25) is 11.8 Å². The number of carbonyl (C=O) groups is 3. The molecular formula is C23H29N5O3. The maximum atomic E-state index is 13.6. The van der Waals surface area contributed by atoms with Gasteiger partial charge in [0.15, 0.2) is 0 Å². The van der Waals surface area contributed by atoms with Gasteiger partial charge in [-0.05, 0) is 43.7 Å². The molecule has 8 heteroatoms. The summed E-state index contributed by atoms with van der Waals surface area (Å²) in [6.07, 6.45) is 1.96. The Bertz CT molecular complexity index is 947. The fraction of sp³-hybridized carbons (Fsp3) is 0.391. The molecular weight excluding hydrogens is 394 g/mol. The maximum absolute atomic E-state index is 13.6. The Kier molecular flexibility index (Phi) is 7.02. The van der Waals surface area contributed by atoms with Crippen LogP contribution in [0.25, 0.3) is 0 Å². The Labute approximate surface area is 182 Å². The monoisotopic (exact) mass is 423 g/mol. The molecule has 0 fully saturated rings. The van der Waals surface area contributed by atoms with Gasteiger partial charge in [-0.25, -0.2) is 4.98 Å². The van der Waals surface area contributed by atoms with E-state index in [1.165, 1.54) is 4.90 Å². The zero-order valence-corrected chi connectivity index (χ0v) is 18.3. The highest BCUT2D eigenvalue weighted by atomic mass is 16.2. The molecule has 0 radical (unpaired) electrons. The Morgan fingerprint density at radius 3 is 2.42 bits per heavy atom. The van der Waals surface area contributed by atoms with Crippen molar-refractivity contribution in [2.45, 2.75) is 45.3 Å². The molecule has 8 nitrogen and oxygen atoms in total. The predicted molar refractivity (Wildman–Crippen MR) is 120 cm³/mol. The summed E-state index contributed by atoms with van der Waals surface area (Å²) in [5.41, 5.74) is 1.47. The van der Waals surface area contributed by atoms with Crippen LogP contribution in [0.4, 0.5) is 11.5 Å². The number of anilines is 2. The number of aromatic nitrogens is 1. The van der Waals surface area contributed by atoms with Gasteiger partial charge in [0, 0.05) is 18.3 Å². The number of nitrogens with zero attached hydrogens (tertiary/aromatic N) is 2. The van der Waals surface area contributed by atoms with Gasteiger partial charge < -0.3 is 16.0 Å². The van der Waals surface area contributed by atoms with Crippen molar-refractivity contribution < 1.29 is 14.4 Å². The van der Waals surface area contributed by atoms with Gasteiger partial charge in [-0.1, -0.05) is 38.1 Å². The number of benzene rings is 1. The highest BCUT2D eigenvalue weighted by Crippen LogP contribution is 2.32. The van der Waals surface area contributed by atoms with Crippen LogP contribution in [-0.2, 0) is 20.8 Å². The van der Waals surface area contributed by atoms with Crippen LogP contribution < -0.4 is 20.9 Å². The maximum Gasteiger partial charge on any atom is 0.251 e. The van der Waals surface area contributed by atoms with E-state index in [1.807, 2.05) is 38.1 Å². The van der Waals surface area contributed by atoms with Crippen LogP contribution in [0, 0.1) is 5.92 Å². The van der Waals surface area contributed by atoms with Gasteiger partial charge in [0.25, 0.3) is 5.91 Å². The Hall–Kier alpha value is -3.26. The third kappa shape index (κ3) is 4.91. The fourth-order valence-corrected chi connectivity index (χ4v) is 3.54. The van der Waals surface area contributed by atoms with E-state index in [9.17, 15) is 14.4 Å². The van der Waals surface area contributed by atoms with Crippen molar-refractivity contribution in [3.63, 3.8) is 0 Å². The molecule has 3 atom stereocenters. The first-order chi connectivity index (χ1) is 14.8. The van der Waals surface area contributed by atoms with Crippen LogP contribution in [0.15, 0.2) is 48.7 Å². The van der Waals surface area contributed by atoms with Crippen molar-refractivity contribution >= 4 is 29.2 Å². The molecule has 1 aromatic carbocycles. The minimum atomic E-state index is -0.789. The lowest BCUT2D eigenvalue weighted by Gasteiger charge is -2.31. The van der Waals surface area contributed by atoms with Crippen molar-refractivity contribution in [2.24, 2.45) is 5.92 Å². The number of hydrogen-bond acceptors (Lipinski definition) is 5. The highest BCUT2D eigenvalue weighted by molar-refractivity contribution is 6.09. The number of para-hydroxylation sites is 1. The first-order valence-corrected chi connectivity index (χ1v) is 10.4. The lowest BCUT2D eigenvalue weighted by Crippen LogP contribution is -2.57. The molecule has 1 aliphatic heterocycles. The molecule has 31 heavy (non-hydrogen) atoms. The summed E-state index contributed by atoms with van der Waals surface area (Å²) in [6.45, 7) is 5.45. The van der Waals surface area contributed by atoms with E-state index >= 15 is 0 Å². The van der Waals surface area contributed by atoms with E-state index in [4.69, 9.17) is 0 Å². The second-order valence-electron chi connectivity index (χ2n) is 8.01. The number of hydrogen-bond donors (Lipinski definition) is 3. The van der Waals surface area contributed by atoms with Crippen molar-refractivity contribution in [3.05, 3.63) is 54.2 Å². The molecule has 0 spiro atoms. The van der Waals surface area contributed by atoms with Crippen LogP contribution in [0.1, 0.15) is 26.3 Å². The van der Waals surface area contributed by atoms with E-state index in [0.29, 0.717) is 17.9 Å². The molecule has 0 saturated carbocycles. The minimum Gasteiger partial charge on any atom is -0.343 e. The summed E-state index contributed by atoms with van der Waals surface area (Å²) in [5.74, 6) is -0.638. The zero-order chi connectivity index (χ0) is 22.5. The molecule has 3 rings (SSSR count). The molecule has 2 unspecified atom stereocenters. The molecule has 0 aliphatic carbocycles. The first-order valence-electron chi connectivity index (χ1n) is 10.4. The predicted octanol–water partition coefficient (Wildman–Crippen LogP) is 1.73. The van der Waals surface area contributed by atoms with Gasteiger partial charge in [-0.15, -0.1) is 0 Å². The van der Waals surface area contributed by atoms with Crippen LogP contribution >= 0.6 is 0 Å². The summed E-state index contributed by atoms with van der Waals surface area (Å²) in [4.78, 5) is 45.0. The van der Waals surface area contributed by atoms with Crippen LogP contribution in [0.2, 0.25) is 0 Å². The van der Waals surface area contributed by atoms with Gasteiger partial charge in [0.1, 0.15) is 17.9 Å². The zero-order valence-electron chi connectivity index (χ0n) is 18.3. The number of rotatable bonds is 7. The quantitative estimate of drug-likeness (QED) is 0.629. The molecule has 2 heterocycles. The molecule has 2 aromatic rings. The average Bonchev–Trinajstić information content (AvgIpc) is 3.16. The Balaban J connectivity index is 1.90. The summed E-state index contributed by atoms with van der Waals surface area (Å²) >= 11 is 0. The van der Waals surface area contributed by atoms with Crippen LogP contribution in [0.5, 0.6) is 0 Å². The fourth-order valence-electron chi connectivity index (χ4n) is 3.54. The number of fused-ring (bicyclic) bond motifs is 1. The number of amides is 3. The SMILES string of the molecule is CN[C@@H](C)C(=O)NC(C(=O)N1c2ncccc2CC1C(=O)Nc1ccccc1)C(C)C. The molecule has 164 valence electrons. The largest absolute Gasteiger partial charge is 0.343 e. The van der Waals surface area contributed by atoms with Crippen LogP contribution in [0.3, 0.4) is 0 Å². The molecule has 0 bridgehead atoms. The first kappa shape index (κ1) is 22.4. The third-order valence-corrected chi connectivity index (χ3v) is 5.46. The smallest absolute Gasteiger partial charge is 0.251 e. The van der Waals surface area contributed by atoms with Gasteiger partial charge in [-0.3, -0.25) is 19.3 Å². The van der Waals surface area contributed by atoms with E-state index in [1.54, 1.807) is 38.4 Å². The van der Waals surface area contributed by atoms with Crippen molar-refractivity contribution in [1.29, 1.82) is 0 Å². The van der Waals surface area contributed by atoms with E-state index in [2.05, 4.69) is 20.9 Å². The summed E-state index contributed by atoms with van der Waals surface area (Å²) in [5, 5.41) is 8.59. The van der Waals surface area contributed by atoms with E-state index in [0.717, 1.165) is 5.56 Å². The number of likely N-dealkylation sites (N-methyl/N-ethyl adjacent to an activating group) is 1. The Morgan fingerprint density at radius 1 is 1.06 bits per heavy atom. The molecule has 3 amide bonds. The number of nitrogens with one attached hydrogen (secondary N) is 3. The lowest BCUT2D eigenvalue weighted by molar-refractivity contribution is -0.130. The van der Waals surface area contributed by atoms with Gasteiger partial charge >= 0.3 is 0 Å². The van der Waals surface area contributed by atoms with Gasteiger partial charge in [0.05, 0.1) is 6.04 Å². The standard InChI is InChI=1S/C23H29N5O3/c1-14(2)19(27-21(29)15(3)24-4)23(31)28-18(13-16-9-8-12-25-20(16)28)22(30)26-17-10-6-5-7-11-17/h5-12,14-15,18-19,24H,13H2,1-4H3,(H,26,30)(H,27,29)/t15-,18?,19?/m0/s1. The van der Waals surface area contributed by atoms with Crippen molar-refractivity contribution in [2.75, 3.05) is 17.3 Å². The van der Waals surface area contributed by atoms with Gasteiger partial charge in [-0.2, -0.15) is 0 Å². The Morgan fingerprint density at radius 2 is 1.77 bits per heavy atom. The van der Waals surface area contributed by atoms with Crippen molar-refractivity contribution in [1.82, 2.24) is 15.6 Å². The average molecular weight is 424 g/mol. The minimum absolute atomic E-state index is 0.175. The van der Waals surface area contributed by atoms with Crippen molar-refractivity contribution in [3.8, 4) is 0 Å². The summed E-state index contributed by atoms with van der Waals surface area (Å²) < 4.78 is 0.